The second-order valence-corrected chi connectivity index (χ2v) is 1.84. The van der Waals surface area contributed by atoms with Gasteiger partial charge in [0, 0.05) is 12.3 Å². The zero-order valence-electron chi connectivity index (χ0n) is 5.82. The molecule has 0 aromatic carbocycles. The molecule has 0 radical (unpaired) electrons. The van der Waals surface area contributed by atoms with E-state index in [2.05, 4.69) is 5.10 Å². The number of aliphatic hydroxyl groups excluding tert-OH is 1. The zero-order chi connectivity index (χ0) is 7.40. The summed E-state index contributed by atoms with van der Waals surface area (Å²) >= 11 is 0. The molecule has 0 aliphatic rings. The topological polar surface area (TPSA) is 47.3 Å². The Kier molecular flexibility index (Phi) is 2.28. The van der Waals surface area contributed by atoms with Crippen molar-refractivity contribution in [3.05, 3.63) is 12.3 Å². The number of rotatable bonds is 3. The van der Waals surface area contributed by atoms with Crippen molar-refractivity contribution in [1.82, 2.24) is 9.78 Å². The molecule has 0 atom stereocenters. The molecule has 0 aliphatic heterocycles. The molecule has 1 N–H and O–H groups in total. The average Bonchev–Trinajstić information content (AvgIpc) is 2.37. The molecule has 0 saturated heterocycles. The number of nitrogens with zero attached hydrogens (tertiary/aromatic N) is 2. The Bertz CT molecular complexity index is 197. The van der Waals surface area contributed by atoms with E-state index in [1.54, 1.807) is 24.1 Å². The van der Waals surface area contributed by atoms with Crippen molar-refractivity contribution in [2.24, 2.45) is 0 Å². The van der Waals surface area contributed by atoms with Gasteiger partial charge in [0.05, 0.1) is 20.3 Å². The van der Waals surface area contributed by atoms with Crippen LogP contribution in [0.15, 0.2) is 12.3 Å². The molecule has 1 heterocycles. The molecule has 56 valence electrons. The van der Waals surface area contributed by atoms with Gasteiger partial charge in [-0.05, 0) is 0 Å². The molecule has 0 saturated carbocycles. The van der Waals surface area contributed by atoms with Gasteiger partial charge in [-0.25, -0.2) is 0 Å². The SMILES string of the molecule is COc1ccn(CCO)n1. The Hall–Kier alpha value is -1.03. The number of methoxy groups -OCH3 is 1. The third-order valence-electron chi connectivity index (χ3n) is 1.15. The van der Waals surface area contributed by atoms with Gasteiger partial charge in [0.25, 0.3) is 0 Å². The van der Waals surface area contributed by atoms with Gasteiger partial charge in [-0.15, -0.1) is 5.10 Å². The highest BCUT2D eigenvalue weighted by atomic mass is 16.5. The minimum atomic E-state index is 0.102. The van der Waals surface area contributed by atoms with Crippen LogP contribution in [0.4, 0.5) is 0 Å². The first-order valence-corrected chi connectivity index (χ1v) is 3.05. The zero-order valence-corrected chi connectivity index (χ0v) is 5.82. The largest absolute Gasteiger partial charge is 0.480 e. The van der Waals surface area contributed by atoms with Crippen LogP contribution < -0.4 is 4.74 Å². The lowest BCUT2D eigenvalue weighted by atomic mass is 10.7. The molecule has 1 aromatic rings. The smallest absolute Gasteiger partial charge is 0.232 e. The number of aromatic nitrogens is 2. The van der Waals surface area contributed by atoms with E-state index in [9.17, 15) is 0 Å². The summed E-state index contributed by atoms with van der Waals surface area (Å²) in [5.74, 6) is 0.577. The van der Waals surface area contributed by atoms with E-state index in [1.807, 2.05) is 0 Å². The van der Waals surface area contributed by atoms with Gasteiger partial charge in [0.15, 0.2) is 0 Å². The Morgan fingerprint density at radius 1 is 1.80 bits per heavy atom. The lowest BCUT2D eigenvalue weighted by Gasteiger charge is -1.94. The predicted octanol–water partition coefficient (Wildman–Crippen LogP) is -0.116. The van der Waals surface area contributed by atoms with Crippen molar-refractivity contribution in [2.45, 2.75) is 6.54 Å². The van der Waals surface area contributed by atoms with Gasteiger partial charge < -0.3 is 9.84 Å². The minimum absolute atomic E-state index is 0.102. The van der Waals surface area contributed by atoms with Crippen molar-refractivity contribution in [1.29, 1.82) is 0 Å². The average molecular weight is 142 g/mol. The molecule has 0 unspecified atom stereocenters. The maximum atomic E-state index is 8.50. The van der Waals surface area contributed by atoms with Crippen LogP contribution in [0.5, 0.6) is 5.88 Å². The fourth-order valence-corrected chi connectivity index (χ4v) is 0.679. The molecular formula is C6H10N2O2. The van der Waals surface area contributed by atoms with Gasteiger partial charge in [0.1, 0.15) is 0 Å². The van der Waals surface area contributed by atoms with Crippen LogP contribution in [0.3, 0.4) is 0 Å². The first-order valence-electron chi connectivity index (χ1n) is 3.05. The summed E-state index contributed by atoms with van der Waals surface area (Å²) < 4.78 is 6.45. The number of hydrogen-bond donors (Lipinski definition) is 1. The monoisotopic (exact) mass is 142 g/mol. The highest BCUT2D eigenvalue weighted by Crippen LogP contribution is 2.02. The van der Waals surface area contributed by atoms with Crippen LogP contribution in [0.1, 0.15) is 0 Å². The molecule has 4 heteroatoms. The second kappa shape index (κ2) is 3.22. The van der Waals surface area contributed by atoms with Crippen LogP contribution in [0.2, 0.25) is 0 Å². The number of hydrogen-bond acceptors (Lipinski definition) is 3. The van der Waals surface area contributed by atoms with Crippen molar-refractivity contribution in [3.63, 3.8) is 0 Å². The predicted molar refractivity (Wildman–Crippen MR) is 35.9 cm³/mol. The van der Waals surface area contributed by atoms with Gasteiger partial charge in [-0.2, -0.15) is 0 Å². The summed E-state index contributed by atoms with van der Waals surface area (Å²) in [7, 11) is 1.56. The summed E-state index contributed by atoms with van der Waals surface area (Å²) in [5.41, 5.74) is 0. The fraction of sp³-hybridized carbons (Fsp3) is 0.500. The quantitative estimate of drug-likeness (QED) is 0.640. The van der Waals surface area contributed by atoms with Gasteiger partial charge >= 0.3 is 0 Å². The molecule has 1 rings (SSSR count). The summed E-state index contributed by atoms with van der Waals surface area (Å²) in [5, 5.41) is 12.5. The van der Waals surface area contributed by atoms with Crippen molar-refractivity contribution in [2.75, 3.05) is 13.7 Å². The van der Waals surface area contributed by atoms with Crippen molar-refractivity contribution >= 4 is 0 Å². The second-order valence-electron chi connectivity index (χ2n) is 1.84. The first kappa shape index (κ1) is 7.08. The Labute approximate surface area is 59.0 Å². The standard InChI is InChI=1S/C6H10N2O2/c1-10-6-2-3-8(7-6)4-5-9/h2-3,9H,4-5H2,1H3. The molecular weight excluding hydrogens is 132 g/mol. The molecule has 0 bridgehead atoms. The summed E-state index contributed by atoms with van der Waals surface area (Å²) in [6, 6.07) is 1.75. The summed E-state index contributed by atoms with van der Waals surface area (Å²) in [6.45, 7) is 0.619. The molecule has 10 heavy (non-hydrogen) atoms. The van der Waals surface area contributed by atoms with Crippen LogP contribution in [0, 0.1) is 0 Å². The van der Waals surface area contributed by atoms with E-state index < -0.39 is 0 Å². The Balaban J connectivity index is 2.59. The van der Waals surface area contributed by atoms with Gasteiger partial charge in [-0.1, -0.05) is 0 Å². The van der Waals surface area contributed by atoms with E-state index in [1.165, 1.54) is 0 Å². The van der Waals surface area contributed by atoms with Gasteiger partial charge in [0.2, 0.25) is 5.88 Å². The molecule has 0 amide bonds. The molecule has 0 aliphatic carbocycles. The van der Waals surface area contributed by atoms with E-state index in [4.69, 9.17) is 9.84 Å². The first-order chi connectivity index (χ1) is 4.86. The van der Waals surface area contributed by atoms with E-state index in [0.29, 0.717) is 12.4 Å². The number of ether oxygens (including phenoxy) is 1. The third-order valence-corrected chi connectivity index (χ3v) is 1.15. The van der Waals surface area contributed by atoms with Crippen LogP contribution in [-0.2, 0) is 6.54 Å². The lowest BCUT2D eigenvalue weighted by Crippen LogP contribution is -2.02. The molecule has 0 spiro atoms. The summed E-state index contributed by atoms with van der Waals surface area (Å²) in [6.07, 6.45) is 1.76. The van der Waals surface area contributed by atoms with E-state index >= 15 is 0 Å². The van der Waals surface area contributed by atoms with Crippen molar-refractivity contribution < 1.29 is 9.84 Å². The van der Waals surface area contributed by atoms with E-state index in [-0.39, 0.29) is 6.61 Å². The van der Waals surface area contributed by atoms with Crippen LogP contribution in [0.25, 0.3) is 0 Å². The summed E-state index contributed by atoms with van der Waals surface area (Å²) in [4.78, 5) is 0. The Morgan fingerprint density at radius 2 is 2.60 bits per heavy atom. The van der Waals surface area contributed by atoms with E-state index in [0.717, 1.165) is 0 Å². The highest BCUT2D eigenvalue weighted by Gasteiger charge is 1.94. The number of aliphatic hydroxyl groups is 1. The minimum Gasteiger partial charge on any atom is -0.480 e. The Morgan fingerprint density at radius 3 is 3.10 bits per heavy atom. The molecule has 4 nitrogen and oxygen atoms in total. The van der Waals surface area contributed by atoms with Crippen molar-refractivity contribution in [3.8, 4) is 5.88 Å². The highest BCUT2D eigenvalue weighted by molar-refractivity contribution is 5.04. The maximum absolute atomic E-state index is 8.50. The molecule has 0 fully saturated rings. The lowest BCUT2D eigenvalue weighted by molar-refractivity contribution is 0.267. The van der Waals surface area contributed by atoms with Gasteiger partial charge in [-0.3, -0.25) is 4.68 Å². The third kappa shape index (κ3) is 1.48. The molecule has 1 aromatic heterocycles. The maximum Gasteiger partial charge on any atom is 0.232 e. The normalized spacial score (nSPS) is 9.80. The van der Waals surface area contributed by atoms with Crippen LogP contribution >= 0.6 is 0 Å². The fourth-order valence-electron chi connectivity index (χ4n) is 0.679. The van der Waals surface area contributed by atoms with Crippen LogP contribution in [-0.4, -0.2) is 28.6 Å².